The molecule has 2 N–H and O–H groups in total. The Hall–Kier alpha value is -1.17. The summed E-state index contributed by atoms with van der Waals surface area (Å²) >= 11 is 6.20. The largest absolute Gasteiger partial charge is 0.493 e. The molecule has 0 aliphatic carbocycles. The molecule has 0 saturated carbocycles. The summed E-state index contributed by atoms with van der Waals surface area (Å²) in [5, 5.41) is 6.57. The molecule has 0 spiro atoms. The molecule has 1 unspecified atom stereocenters. The zero-order valence-corrected chi connectivity index (χ0v) is 14.4. The molecule has 22 heavy (non-hydrogen) atoms. The highest BCUT2D eigenvalue weighted by Crippen LogP contribution is 2.36. The van der Waals surface area contributed by atoms with Crippen molar-refractivity contribution in [3.05, 3.63) is 22.7 Å². The first kappa shape index (κ1) is 18.9. The third-order valence-corrected chi connectivity index (χ3v) is 3.70. The molecule has 1 aromatic carbocycles. The van der Waals surface area contributed by atoms with Gasteiger partial charge < -0.3 is 20.1 Å². The van der Waals surface area contributed by atoms with Gasteiger partial charge >= 0.3 is 0 Å². The number of carbonyl (C=O) groups is 1. The lowest BCUT2D eigenvalue weighted by Crippen LogP contribution is -2.40. The molecule has 1 fully saturated rings. The van der Waals surface area contributed by atoms with E-state index in [-0.39, 0.29) is 24.4 Å². The van der Waals surface area contributed by atoms with Crippen molar-refractivity contribution in [3.8, 4) is 11.5 Å². The van der Waals surface area contributed by atoms with Gasteiger partial charge in [0.25, 0.3) is 0 Å². The molecule has 1 aliphatic heterocycles. The van der Waals surface area contributed by atoms with Gasteiger partial charge in [-0.1, -0.05) is 11.6 Å². The van der Waals surface area contributed by atoms with Crippen LogP contribution in [0.25, 0.3) is 0 Å². The van der Waals surface area contributed by atoms with Gasteiger partial charge in [0.15, 0.2) is 11.5 Å². The molecule has 0 radical (unpaired) electrons. The van der Waals surface area contributed by atoms with Gasteiger partial charge in [-0.15, -0.1) is 12.4 Å². The Labute approximate surface area is 142 Å². The van der Waals surface area contributed by atoms with Crippen LogP contribution in [-0.2, 0) is 11.3 Å². The van der Waals surface area contributed by atoms with E-state index in [0.29, 0.717) is 29.7 Å². The van der Waals surface area contributed by atoms with Crippen LogP contribution in [0.3, 0.4) is 0 Å². The lowest BCUT2D eigenvalue weighted by atomic mass is 10.1. The average Bonchev–Trinajstić information content (AvgIpc) is 3.01. The first-order valence-corrected chi connectivity index (χ1v) is 7.53. The number of benzene rings is 1. The van der Waals surface area contributed by atoms with E-state index in [2.05, 4.69) is 10.6 Å². The van der Waals surface area contributed by atoms with Crippen LogP contribution in [-0.4, -0.2) is 32.2 Å². The van der Waals surface area contributed by atoms with Crippen molar-refractivity contribution in [2.24, 2.45) is 0 Å². The number of hydrogen-bond acceptors (Lipinski definition) is 4. The number of hydrogen-bond donors (Lipinski definition) is 2. The summed E-state index contributed by atoms with van der Waals surface area (Å²) in [6.07, 6.45) is 1.93. The first-order valence-electron chi connectivity index (χ1n) is 7.16. The SMILES string of the molecule is CCOc1c(Cl)cc(CNC(=O)C2CCCN2)cc1OC.Cl. The van der Waals surface area contributed by atoms with Gasteiger partial charge in [-0.3, -0.25) is 4.79 Å². The Morgan fingerprint density at radius 1 is 1.50 bits per heavy atom. The van der Waals surface area contributed by atoms with E-state index in [4.69, 9.17) is 21.1 Å². The lowest BCUT2D eigenvalue weighted by Gasteiger charge is -2.15. The van der Waals surface area contributed by atoms with E-state index < -0.39 is 0 Å². The van der Waals surface area contributed by atoms with Gasteiger partial charge in [-0.25, -0.2) is 0 Å². The molecule has 5 nitrogen and oxygen atoms in total. The summed E-state index contributed by atoms with van der Waals surface area (Å²) in [6.45, 7) is 3.72. The second-order valence-electron chi connectivity index (χ2n) is 4.91. The third-order valence-electron chi connectivity index (χ3n) is 3.42. The van der Waals surface area contributed by atoms with Crippen LogP contribution in [0.1, 0.15) is 25.3 Å². The molecule has 1 saturated heterocycles. The fourth-order valence-corrected chi connectivity index (χ4v) is 2.67. The summed E-state index contributed by atoms with van der Waals surface area (Å²) in [5.74, 6) is 1.14. The predicted molar refractivity (Wildman–Crippen MR) is 89.3 cm³/mol. The minimum absolute atomic E-state index is 0. The number of amides is 1. The minimum atomic E-state index is -0.0786. The highest BCUT2D eigenvalue weighted by molar-refractivity contribution is 6.32. The van der Waals surface area contributed by atoms with Gasteiger partial charge in [0.05, 0.1) is 24.8 Å². The van der Waals surface area contributed by atoms with Crippen LogP contribution in [0, 0.1) is 0 Å². The highest BCUT2D eigenvalue weighted by atomic mass is 35.5. The van der Waals surface area contributed by atoms with Crippen LogP contribution in [0.4, 0.5) is 0 Å². The summed E-state index contributed by atoms with van der Waals surface area (Å²) in [7, 11) is 1.57. The van der Waals surface area contributed by atoms with Gasteiger partial charge in [-0.05, 0) is 44.0 Å². The molecule has 0 aromatic heterocycles. The lowest BCUT2D eigenvalue weighted by molar-refractivity contribution is -0.122. The molecule has 1 aliphatic rings. The molecule has 7 heteroatoms. The van der Waals surface area contributed by atoms with Crippen LogP contribution < -0.4 is 20.1 Å². The molecule has 2 rings (SSSR count). The Kier molecular flexibility index (Phi) is 7.79. The maximum Gasteiger partial charge on any atom is 0.237 e. The zero-order chi connectivity index (χ0) is 15.2. The van der Waals surface area contributed by atoms with Gasteiger partial charge in [0.2, 0.25) is 5.91 Å². The van der Waals surface area contributed by atoms with Crippen molar-refractivity contribution in [2.45, 2.75) is 32.4 Å². The van der Waals surface area contributed by atoms with Crippen molar-refractivity contribution >= 4 is 29.9 Å². The first-order chi connectivity index (χ1) is 10.2. The van der Waals surface area contributed by atoms with E-state index in [0.717, 1.165) is 24.9 Å². The smallest absolute Gasteiger partial charge is 0.237 e. The van der Waals surface area contributed by atoms with E-state index in [1.165, 1.54) is 0 Å². The predicted octanol–water partition coefficient (Wildman–Crippen LogP) is 2.54. The van der Waals surface area contributed by atoms with Crippen LogP contribution in [0.5, 0.6) is 11.5 Å². The molecule has 1 heterocycles. The minimum Gasteiger partial charge on any atom is -0.493 e. The molecule has 0 bridgehead atoms. The van der Waals surface area contributed by atoms with Crippen molar-refractivity contribution < 1.29 is 14.3 Å². The van der Waals surface area contributed by atoms with Gasteiger partial charge in [0.1, 0.15) is 0 Å². The van der Waals surface area contributed by atoms with Crippen molar-refractivity contribution in [1.82, 2.24) is 10.6 Å². The standard InChI is InChI=1S/C15H21ClN2O3.ClH/c1-3-21-14-11(16)7-10(8-13(14)20-2)9-18-15(19)12-5-4-6-17-12;/h7-8,12,17H,3-6,9H2,1-2H3,(H,18,19);1H. The summed E-state index contributed by atoms with van der Waals surface area (Å²) in [5.41, 5.74) is 0.881. The molecule has 1 atom stereocenters. The van der Waals surface area contributed by atoms with E-state index in [1.54, 1.807) is 13.2 Å². The summed E-state index contributed by atoms with van der Waals surface area (Å²) in [6, 6.07) is 3.54. The van der Waals surface area contributed by atoms with E-state index in [1.807, 2.05) is 13.0 Å². The maximum atomic E-state index is 12.0. The van der Waals surface area contributed by atoms with Crippen LogP contribution in [0.15, 0.2) is 12.1 Å². The Balaban J connectivity index is 0.00000242. The number of rotatable bonds is 6. The fraction of sp³-hybridized carbons (Fsp3) is 0.533. The Morgan fingerprint density at radius 2 is 2.27 bits per heavy atom. The molecule has 124 valence electrons. The molecule has 1 aromatic rings. The zero-order valence-electron chi connectivity index (χ0n) is 12.8. The van der Waals surface area contributed by atoms with Crippen LogP contribution >= 0.6 is 24.0 Å². The number of methoxy groups -OCH3 is 1. The van der Waals surface area contributed by atoms with Crippen molar-refractivity contribution in [3.63, 3.8) is 0 Å². The quantitative estimate of drug-likeness (QED) is 0.829. The third kappa shape index (κ3) is 4.66. The summed E-state index contributed by atoms with van der Waals surface area (Å²) < 4.78 is 10.8. The average molecular weight is 349 g/mol. The summed E-state index contributed by atoms with van der Waals surface area (Å²) in [4.78, 5) is 12.0. The number of halogens is 2. The maximum absolute atomic E-state index is 12.0. The monoisotopic (exact) mass is 348 g/mol. The van der Waals surface area contributed by atoms with Gasteiger partial charge in [-0.2, -0.15) is 0 Å². The second kappa shape index (κ2) is 9.08. The number of ether oxygens (including phenoxy) is 2. The number of carbonyl (C=O) groups excluding carboxylic acids is 1. The van der Waals surface area contributed by atoms with Crippen molar-refractivity contribution in [1.29, 1.82) is 0 Å². The van der Waals surface area contributed by atoms with Crippen molar-refractivity contribution in [2.75, 3.05) is 20.3 Å². The van der Waals surface area contributed by atoms with Crippen LogP contribution in [0.2, 0.25) is 5.02 Å². The Bertz CT molecular complexity index is 506. The van der Waals surface area contributed by atoms with Gasteiger partial charge in [0, 0.05) is 6.54 Å². The second-order valence-corrected chi connectivity index (χ2v) is 5.32. The van der Waals surface area contributed by atoms with E-state index in [9.17, 15) is 4.79 Å². The molecular weight excluding hydrogens is 327 g/mol. The fourth-order valence-electron chi connectivity index (χ4n) is 2.38. The van der Waals surface area contributed by atoms with E-state index >= 15 is 0 Å². The normalized spacial score (nSPS) is 16.8. The molecule has 1 amide bonds. The molecular formula is C15H22Cl2N2O3. The highest BCUT2D eigenvalue weighted by Gasteiger charge is 2.21. The topological polar surface area (TPSA) is 59.6 Å². The number of nitrogens with one attached hydrogen (secondary N) is 2. The Morgan fingerprint density at radius 3 is 2.86 bits per heavy atom.